The Labute approximate surface area is 147 Å². The van der Waals surface area contributed by atoms with Gasteiger partial charge in [0.15, 0.2) is 16.7 Å². The van der Waals surface area contributed by atoms with E-state index < -0.39 is 5.97 Å². The van der Waals surface area contributed by atoms with Crippen LogP contribution >= 0.6 is 11.6 Å². The number of carboxylic acids is 1. The fourth-order valence-corrected chi connectivity index (χ4v) is 2.56. The quantitative estimate of drug-likeness (QED) is 0.653. The number of nitrogens with one attached hydrogen (secondary N) is 1. The van der Waals surface area contributed by atoms with Gasteiger partial charge >= 0.3 is 5.97 Å². The molecule has 0 fully saturated rings. The number of ketones is 1. The van der Waals surface area contributed by atoms with Crippen LogP contribution in [0.4, 0.5) is 0 Å². The second kappa shape index (κ2) is 6.90. The van der Waals surface area contributed by atoms with Crippen LogP contribution in [-0.2, 0) is 12.8 Å². The van der Waals surface area contributed by atoms with E-state index >= 15 is 0 Å². The Balaban J connectivity index is 1.73. The summed E-state index contributed by atoms with van der Waals surface area (Å²) in [5, 5.41) is 9.18. The van der Waals surface area contributed by atoms with Crippen LogP contribution < -0.4 is 0 Å². The van der Waals surface area contributed by atoms with Gasteiger partial charge in [0.2, 0.25) is 11.7 Å². The van der Waals surface area contributed by atoms with Crippen LogP contribution in [0.15, 0.2) is 34.9 Å². The van der Waals surface area contributed by atoms with Crippen LogP contribution in [-0.4, -0.2) is 31.8 Å². The average Bonchev–Trinajstić information content (AvgIpc) is 3.22. The summed E-state index contributed by atoms with van der Waals surface area (Å²) in [6, 6.07) is 6.94. The van der Waals surface area contributed by atoms with Gasteiger partial charge in [0.05, 0.1) is 5.69 Å². The molecule has 0 aliphatic rings. The number of hydrogen-bond acceptors (Lipinski definition) is 5. The second-order valence-electron chi connectivity index (χ2n) is 5.35. The highest BCUT2D eigenvalue weighted by atomic mass is 35.5. The predicted octanol–water partition coefficient (Wildman–Crippen LogP) is 3.40. The first-order valence-electron chi connectivity index (χ1n) is 7.53. The molecule has 0 spiro atoms. The number of nitrogens with zero attached hydrogens (tertiary/aromatic N) is 2. The topological polar surface area (TPSA) is 109 Å². The summed E-state index contributed by atoms with van der Waals surface area (Å²) in [7, 11) is 0. The van der Waals surface area contributed by atoms with Gasteiger partial charge in [-0.25, -0.2) is 14.8 Å². The van der Waals surface area contributed by atoms with Crippen molar-refractivity contribution in [3.63, 3.8) is 0 Å². The molecule has 0 unspecified atom stereocenters. The third-order valence-electron chi connectivity index (χ3n) is 3.63. The summed E-state index contributed by atoms with van der Waals surface area (Å²) in [4.78, 5) is 34.0. The minimum absolute atomic E-state index is 0.157. The zero-order chi connectivity index (χ0) is 18.0. The maximum atomic E-state index is 12.3. The third kappa shape index (κ3) is 3.61. The van der Waals surface area contributed by atoms with Crippen molar-refractivity contribution in [1.82, 2.24) is 15.0 Å². The zero-order valence-corrected chi connectivity index (χ0v) is 14.0. The van der Waals surface area contributed by atoms with Gasteiger partial charge in [-0.3, -0.25) is 4.79 Å². The van der Waals surface area contributed by atoms with Crippen LogP contribution in [0.3, 0.4) is 0 Å². The maximum Gasteiger partial charge on any atom is 0.357 e. The average molecular weight is 360 g/mol. The van der Waals surface area contributed by atoms with E-state index in [1.807, 2.05) is 6.92 Å². The second-order valence-corrected chi connectivity index (χ2v) is 5.71. The number of oxazole rings is 1. The standard InChI is InChI=1S/C17H14ClN3O4/c1-2-11-14(18)21-15(19-11)13(22)7-9-3-5-10(6-4-9)16-20-12(8-25-16)17(23)24/h3-6,8H,2,7H2,1H3,(H,19,21)(H,23,24). The van der Waals surface area contributed by atoms with Crippen molar-refractivity contribution in [2.75, 3.05) is 0 Å². The summed E-state index contributed by atoms with van der Waals surface area (Å²) >= 11 is 5.95. The van der Waals surface area contributed by atoms with Gasteiger partial charge in [0.1, 0.15) is 6.26 Å². The van der Waals surface area contributed by atoms with Gasteiger partial charge < -0.3 is 14.5 Å². The highest BCUT2D eigenvalue weighted by Gasteiger charge is 2.15. The molecule has 0 saturated heterocycles. The molecule has 2 heterocycles. The van der Waals surface area contributed by atoms with E-state index in [9.17, 15) is 9.59 Å². The van der Waals surface area contributed by atoms with Crippen molar-refractivity contribution >= 4 is 23.4 Å². The Morgan fingerprint density at radius 2 is 1.96 bits per heavy atom. The van der Waals surface area contributed by atoms with Crippen LogP contribution in [0.1, 0.15) is 39.3 Å². The minimum Gasteiger partial charge on any atom is -0.476 e. The first-order chi connectivity index (χ1) is 12.0. The molecule has 3 rings (SSSR count). The molecule has 0 bridgehead atoms. The van der Waals surface area contributed by atoms with E-state index in [1.165, 1.54) is 0 Å². The van der Waals surface area contributed by atoms with Crippen molar-refractivity contribution in [1.29, 1.82) is 0 Å². The highest BCUT2D eigenvalue weighted by molar-refractivity contribution is 6.30. The molecule has 128 valence electrons. The van der Waals surface area contributed by atoms with Crippen LogP contribution in [0.25, 0.3) is 11.5 Å². The number of hydrogen-bond donors (Lipinski definition) is 2. The van der Waals surface area contributed by atoms with Crippen LogP contribution in [0.2, 0.25) is 5.15 Å². The molecule has 25 heavy (non-hydrogen) atoms. The number of carboxylic acid groups (broad SMARTS) is 1. The molecule has 8 heteroatoms. The number of rotatable bonds is 6. The van der Waals surface area contributed by atoms with Crippen LogP contribution in [0, 0.1) is 0 Å². The lowest BCUT2D eigenvalue weighted by Gasteiger charge is -2.01. The Bertz CT molecular complexity index is 928. The molecule has 0 radical (unpaired) electrons. The largest absolute Gasteiger partial charge is 0.476 e. The highest BCUT2D eigenvalue weighted by Crippen LogP contribution is 2.20. The van der Waals surface area contributed by atoms with Crippen molar-refractivity contribution < 1.29 is 19.1 Å². The van der Waals surface area contributed by atoms with Crippen molar-refractivity contribution in [2.24, 2.45) is 0 Å². The smallest absolute Gasteiger partial charge is 0.357 e. The molecule has 0 aliphatic heterocycles. The van der Waals surface area contributed by atoms with Gasteiger partial charge in [-0.05, 0) is 24.1 Å². The molecule has 0 atom stereocenters. The lowest BCUT2D eigenvalue weighted by molar-refractivity contribution is 0.0690. The Morgan fingerprint density at radius 1 is 1.24 bits per heavy atom. The van der Waals surface area contributed by atoms with Gasteiger partial charge in [0.25, 0.3) is 0 Å². The van der Waals surface area contributed by atoms with Crippen molar-refractivity contribution in [3.05, 3.63) is 58.5 Å². The molecule has 3 aromatic rings. The summed E-state index contributed by atoms with van der Waals surface area (Å²) in [6.45, 7) is 1.92. The van der Waals surface area contributed by atoms with Crippen LogP contribution in [0.5, 0.6) is 0 Å². The monoisotopic (exact) mass is 359 g/mol. The summed E-state index contributed by atoms with van der Waals surface area (Å²) in [5.74, 6) is -0.871. The number of aromatic amines is 1. The van der Waals surface area contributed by atoms with E-state index in [2.05, 4.69) is 15.0 Å². The number of imidazole rings is 1. The molecule has 7 nitrogen and oxygen atoms in total. The Kier molecular flexibility index (Phi) is 4.67. The fraction of sp³-hybridized carbons (Fsp3) is 0.176. The lowest BCUT2D eigenvalue weighted by atomic mass is 10.1. The summed E-state index contributed by atoms with van der Waals surface area (Å²) in [5.41, 5.74) is 1.98. The lowest BCUT2D eigenvalue weighted by Crippen LogP contribution is -2.06. The number of H-pyrrole nitrogens is 1. The van der Waals surface area contributed by atoms with Crippen molar-refractivity contribution in [3.8, 4) is 11.5 Å². The van der Waals surface area contributed by atoms with Gasteiger partial charge in [-0.1, -0.05) is 30.7 Å². The van der Waals surface area contributed by atoms with E-state index in [0.29, 0.717) is 17.1 Å². The summed E-state index contributed by atoms with van der Waals surface area (Å²) < 4.78 is 5.14. The number of benzene rings is 1. The zero-order valence-electron chi connectivity index (χ0n) is 13.2. The first kappa shape index (κ1) is 16.9. The van der Waals surface area contributed by atoms with Gasteiger partial charge in [-0.15, -0.1) is 0 Å². The van der Waals surface area contributed by atoms with Crippen molar-refractivity contribution in [2.45, 2.75) is 19.8 Å². The molecule has 0 amide bonds. The van der Waals surface area contributed by atoms with Gasteiger partial charge in [-0.2, -0.15) is 0 Å². The van der Waals surface area contributed by atoms with Gasteiger partial charge in [0, 0.05) is 12.0 Å². The number of carbonyl (C=O) groups excluding carboxylic acids is 1. The number of aryl methyl sites for hydroxylation is 1. The molecule has 2 N–H and O–H groups in total. The van der Waals surface area contributed by atoms with E-state index in [1.54, 1.807) is 24.3 Å². The first-order valence-corrected chi connectivity index (χ1v) is 7.91. The predicted molar refractivity (Wildman–Crippen MR) is 89.9 cm³/mol. The Morgan fingerprint density at radius 3 is 2.52 bits per heavy atom. The molecule has 0 aliphatic carbocycles. The molecule has 2 aromatic heterocycles. The van der Waals surface area contributed by atoms with E-state index in [-0.39, 0.29) is 29.6 Å². The SMILES string of the molecule is CCc1[nH]c(C(=O)Cc2ccc(-c3nc(C(=O)O)co3)cc2)nc1Cl. The summed E-state index contributed by atoms with van der Waals surface area (Å²) in [6.07, 6.45) is 1.92. The third-order valence-corrected chi connectivity index (χ3v) is 3.95. The molecule has 1 aromatic carbocycles. The number of carbonyl (C=O) groups is 2. The fourth-order valence-electron chi connectivity index (χ4n) is 2.29. The molecule has 0 saturated carbocycles. The minimum atomic E-state index is -1.15. The van der Waals surface area contributed by atoms with E-state index in [0.717, 1.165) is 17.5 Å². The molecular formula is C17H14ClN3O4. The number of aromatic carboxylic acids is 1. The molecular weight excluding hydrogens is 346 g/mol. The number of aromatic nitrogens is 3. The Hall–Kier alpha value is -2.93. The normalized spacial score (nSPS) is 10.8. The number of halogens is 1. The maximum absolute atomic E-state index is 12.3. The number of Topliss-reactive ketones (excluding diaryl/α,β-unsaturated/α-hetero) is 1. The van der Waals surface area contributed by atoms with E-state index in [4.69, 9.17) is 21.1 Å².